The minimum absolute atomic E-state index is 0.263. The minimum Gasteiger partial charge on any atom is -0.360 e. The first-order valence-electron chi connectivity index (χ1n) is 4.20. The molecule has 0 amide bonds. The molecular formula is C10H9F3N2. The van der Waals surface area contributed by atoms with Crippen LogP contribution in [0.15, 0.2) is 30.3 Å². The number of benzene rings is 1. The average Bonchev–Trinajstić information content (AvgIpc) is 2.17. The number of nitrogens with one attached hydrogen (secondary N) is 1. The number of nitriles is 1. The van der Waals surface area contributed by atoms with E-state index >= 15 is 0 Å². The Morgan fingerprint density at radius 1 is 1.20 bits per heavy atom. The molecule has 0 radical (unpaired) electrons. The van der Waals surface area contributed by atoms with E-state index in [4.69, 9.17) is 5.26 Å². The second kappa shape index (κ2) is 3.81. The number of hydrogen-bond acceptors (Lipinski definition) is 2. The molecular weight excluding hydrogens is 205 g/mol. The van der Waals surface area contributed by atoms with Crippen molar-refractivity contribution in [2.24, 2.45) is 0 Å². The third-order valence-corrected chi connectivity index (χ3v) is 1.96. The summed E-state index contributed by atoms with van der Waals surface area (Å²) < 4.78 is 37.5. The quantitative estimate of drug-likeness (QED) is 0.821. The van der Waals surface area contributed by atoms with Crippen molar-refractivity contribution in [1.82, 2.24) is 0 Å². The van der Waals surface area contributed by atoms with Crippen LogP contribution >= 0.6 is 0 Å². The maximum absolute atomic E-state index is 12.5. The molecule has 0 fully saturated rings. The molecule has 1 rings (SSSR count). The van der Waals surface area contributed by atoms with Crippen LogP contribution in [0, 0.1) is 11.3 Å². The van der Waals surface area contributed by atoms with E-state index in [9.17, 15) is 13.2 Å². The van der Waals surface area contributed by atoms with E-state index in [0.717, 1.165) is 6.92 Å². The molecule has 0 aliphatic carbocycles. The van der Waals surface area contributed by atoms with Crippen molar-refractivity contribution in [1.29, 1.82) is 5.26 Å². The van der Waals surface area contributed by atoms with Gasteiger partial charge in [0.05, 0.1) is 0 Å². The number of nitrogens with zero attached hydrogens (tertiary/aromatic N) is 1. The number of para-hydroxylation sites is 1. The maximum atomic E-state index is 12.5. The molecule has 1 unspecified atom stereocenters. The molecule has 0 bridgehead atoms. The summed E-state index contributed by atoms with van der Waals surface area (Å²) in [5, 5.41) is 10.7. The third kappa shape index (κ3) is 2.40. The largest absolute Gasteiger partial charge is 0.424 e. The van der Waals surface area contributed by atoms with Gasteiger partial charge < -0.3 is 5.32 Å². The van der Waals surface area contributed by atoms with Crippen LogP contribution in [0.25, 0.3) is 0 Å². The number of hydrogen-bond donors (Lipinski definition) is 1. The molecule has 15 heavy (non-hydrogen) atoms. The van der Waals surface area contributed by atoms with Gasteiger partial charge in [0.1, 0.15) is 6.07 Å². The molecule has 2 nitrogen and oxygen atoms in total. The highest BCUT2D eigenvalue weighted by Gasteiger charge is 2.52. The van der Waals surface area contributed by atoms with Crippen LogP contribution in [0.1, 0.15) is 6.92 Å². The lowest BCUT2D eigenvalue weighted by molar-refractivity contribution is -0.158. The van der Waals surface area contributed by atoms with Crippen LogP contribution in [0.4, 0.5) is 18.9 Å². The molecule has 80 valence electrons. The van der Waals surface area contributed by atoms with Crippen LogP contribution in [0.3, 0.4) is 0 Å². The molecule has 1 aromatic rings. The van der Waals surface area contributed by atoms with Gasteiger partial charge in [0.2, 0.25) is 5.54 Å². The highest BCUT2D eigenvalue weighted by atomic mass is 19.4. The Hall–Kier alpha value is -1.70. The first-order valence-corrected chi connectivity index (χ1v) is 4.20. The molecule has 1 N–H and O–H groups in total. The highest BCUT2D eigenvalue weighted by Crippen LogP contribution is 2.32. The number of rotatable bonds is 2. The van der Waals surface area contributed by atoms with Crippen molar-refractivity contribution < 1.29 is 13.2 Å². The lowest BCUT2D eigenvalue weighted by Gasteiger charge is -2.26. The van der Waals surface area contributed by atoms with Gasteiger partial charge in [-0.25, -0.2) is 0 Å². The summed E-state index contributed by atoms with van der Waals surface area (Å²) >= 11 is 0. The van der Waals surface area contributed by atoms with Crippen LogP contribution in [-0.2, 0) is 0 Å². The van der Waals surface area contributed by atoms with Gasteiger partial charge in [-0.1, -0.05) is 18.2 Å². The molecule has 0 aliphatic rings. The molecule has 0 heterocycles. The Bertz CT molecular complexity index is 366. The molecule has 0 aromatic heterocycles. The topological polar surface area (TPSA) is 35.8 Å². The van der Waals surface area contributed by atoms with Crippen molar-refractivity contribution in [2.45, 2.75) is 18.6 Å². The number of alkyl halides is 3. The van der Waals surface area contributed by atoms with Crippen molar-refractivity contribution in [2.75, 3.05) is 5.32 Å². The van der Waals surface area contributed by atoms with Gasteiger partial charge in [0, 0.05) is 5.69 Å². The zero-order valence-electron chi connectivity index (χ0n) is 7.97. The van der Waals surface area contributed by atoms with Crippen molar-refractivity contribution in [3.63, 3.8) is 0 Å². The predicted molar refractivity (Wildman–Crippen MR) is 50.1 cm³/mol. The lowest BCUT2D eigenvalue weighted by Crippen LogP contribution is -2.47. The van der Waals surface area contributed by atoms with Crippen molar-refractivity contribution in [3.05, 3.63) is 30.3 Å². The fraction of sp³-hybridized carbons (Fsp3) is 0.300. The smallest absolute Gasteiger partial charge is 0.360 e. The zero-order chi connectivity index (χ0) is 11.5. The Labute approximate surface area is 85.3 Å². The van der Waals surface area contributed by atoms with Gasteiger partial charge in [-0.05, 0) is 19.1 Å². The maximum Gasteiger partial charge on any atom is 0.424 e. The third-order valence-electron chi connectivity index (χ3n) is 1.96. The molecule has 0 aliphatic heterocycles. The van der Waals surface area contributed by atoms with Crippen LogP contribution in [0.2, 0.25) is 0 Å². The number of halogens is 3. The summed E-state index contributed by atoms with van der Waals surface area (Å²) in [7, 11) is 0. The second-order valence-corrected chi connectivity index (χ2v) is 3.23. The van der Waals surface area contributed by atoms with E-state index in [1.54, 1.807) is 18.2 Å². The first-order chi connectivity index (χ1) is 6.89. The van der Waals surface area contributed by atoms with Gasteiger partial charge in [0.15, 0.2) is 0 Å². The fourth-order valence-electron chi connectivity index (χ4n) is 0.972. The Balaban J connectivity index is 2.94. The molecule has 0 saturated heterocycles. The Kier molecular flexibility index (Phi) is 2.89. The Morgan fingerprint density at radius 2 is 1.73 bits per heavy atom. The summed E-state index contributed by atoms with van der Waals surface area (Å²) in [4.78, 5) is 0. The van der Waals surface area contributed by atoms with Crippen LogP contribution < -0.4 is 5.32 Å². The second-order valence-electron chi connectivity index (χ2n) is 3.23. The summed E-state index contributed by atoms with van der Waals surface area (Å²) in [5.74, 6) is 0. The van der Waals surface area contributed by atoms with Crippen LogP contribution in [0.5, 0.6) is 0 Å². The number of anilines is 1. The summed E-state index contributed by atoms with van der Waals surface area (Å²) in [5.41, 5.74) is -2.30. The standard InChI is InChI=1S/C10H9F3N2/c1-9(7-14,10(11,12)13)15-8-5-3-2-4-6-8/h2-6,15H,1H3. The first kappa shape index (κ1) is 11.4. The van der Waals surface area contributed by atoms with Gasteiger partial charge >= 0.3 is 6.18 Å². The molecule has 5 heteroatoms. The van der Waals surface area contributed by atoms with Gasteiger partial charge in [0.25, 0.3) is 0 Å². The highest BCUT2D eigenvalue weighted by molar-refractivity contribution is 5.47. The molecule has 1 aromatic carbocycles. The van der Waals surface area contributed by atoms with Crippen molar-refractivity contribution in [3.8, 4) is 6.07 Å². The molecule has 0 saturated carbocycles. The van der Waals surface area contributed by atoms with E-state index in [-0.39, 0.29) is 5.69 Å². The van der Waals surface area contributed by atoms with E-state index in [1.165, 1.54) is 18.2 Å². The predicted octanol–water partition coefficient (Wildman–Crippen LogP) is 2.94. The summed E-state index contributed by atoms with van der Waals surface area (Å²) in [6.45, 7) is 0.806. The summed E-state index contributed by atoms with van der Waals surface area (Å²) in [6, 6.07) is 9.05. The van der Waals surface area contributed by atoms with Crippen molar-refractivity contribution >= 4 is 5.69 Å². The van der Waals surface area contributed by atoms with E-state index in [0.29, 0.717) is 0 Å². The van der Waals surface area contributed by atoms with Gasteiger partial charge in [-0.2, -0.15) is 18.4 Å². The SMILES string of the molecule is CC(C#N)(Nc1ccccc1)C(F)(F)F. The van der Waals surface area contributed by atoms with E-state index < -0.39 is 11.7 Å². The summed E-state index contributed by atoms with van der Waals surface area (Å²) in [6.07, 6.45) is -4.61. The normalized spacial score (nSPS) is 15.1. The zero-order valence-corrected chi connectivity index (χ0v) is 7.97. The minimum atomic E-state index is -4.61. The van der Waals surface area contributed by atoms with E-state index in [2.05, 4.69) is 5.32 Å². The fourth-order valence-corrected chi connectivity index (χ4v) is 0.972. The Morgan fingerprint density at radius 3 is 2.13 bits per heavy atom. The molecule has 0 spiro atoms. The average molecular weight is 214 g/mol. The monoisotopic (exact) mass is 214 g/mol. The van der Waals surface area contributed by atoms with Gasteiger partial charge in [-0.3, -0.25) is 0 Å². The lowest BCUT2D eigenvalue weighted by atomic mass is 10.0. The molecule has 1 atom stereocenters. The van der Waals surface area contributed by atoms with Gasteiger partial charge in [-0.15, -0.1) is 0 Å². The van der Waals surface area contributed by atoms with Crippen LogP contribution in [-0.4, -0.2) is 11.7 Å². The van der Waals surface area contributed by atoms with E-state index in [1.807, 2.05) is 0 Å².